The van der Waals surface area contributed by atoms with Gasteiger partial charge in [0.2, 0.25) is 5.76 Å². The predicted molar refractivity (Wildman–Crippen MR) is 55.7 cm³/mol. The maximum absolute atomic E-state index is 5.02. The van der Waals surface area contributed by atoms with Crippen molar-refractivity contribution >= 4 is 0 Å². The van der Waals surface area contributed by atoms with E-state index in [1.807, 2.05) is 18.2 Å². The van der Waals surface area contributed by atoms with Crippen LogP contribution in [0.15, 0.2) is 35.0 Å². The third-order valence-corrected chi connectivity index (χ3v) is 1.75. The van der Waals surface area contributed by atoms with Crippen molar-refractivity contribution in [2.24, 2.45) is 0 Å². The molecule has 0 aromatic carbocycles. The highest BCUT2D eigenvalue weighted by Gasteiger charge is 2.04. The van der Waals surface area contributed by atoms with Gasteiger partial charge < -0.3 is 9.84 Å². The van der Waals surface area contributed by atoms with E-state index in [-0.39, 0.29) is 0 Å². The average molecular weight is 199 g/mol. The molecule has 74 valence electrons. The first-order valence-corrected chi connectivity index (χ1v) is 4.46. The van der Waals surface area contributed by atoms with Gasteiger partial charge in [-0.15, -0.1) is 0 Å². The van der Waals surface area contributed by atoms with Gasteiger partial charge in [-0.05, 0) is 18.1 Å². The third-order valence-electron chi connectivity index (χ3n) is 1.75. The van der Waals surface area contributed by atoms with E-state index in [0.29, 0.717) is 11.5 Å². The minimum atomic E-state index is 0.519. The molecule has 0 spiro atoms. The number of hydrogen-bond donors (Lipinski definition) is 1. The van der Waals surface area contributed by atoms with E-state index in [9.17, 15) is 0 Å². The molecular formula is C11H9N3O. The fourth-order valence-corrected chi connectivity index (χ4v) is 1.09. The van der Waals surface area contributed by atoms with E-state index < -0.39 is 0 Å². The van der Waals surface area contributed by atoms with E-state index in [4.69, 9.17) is 4.52 Å². The molecule has 0 aliphatic carbocycles. The van der Waals surface area contributed by atoms with E-state index in [2.05, 4.69) is 27.4 Å². The quantitative estimate of drug-likeness (QED) is 0.555. The Morgan fingerprint density at radius 1 is 1.33 bits per heavy atom. The third kappa shape index (κ3) is 2.15. The zero-order chi connectivity index (χ0) is 10.5. The summed E-state index contributed by atoms with van der Waals surface area (Å²) in [5.74, 6) is 3.28. The Hall–Kier alpha value is -2.28. The summed E-state index contributed by atoms with van der Waals surface area (Å²) >= 11 is 0. The van der Waals surface area contributed by atoms with Gasteiger partial charge in [0.05, 0.1) is 5.69 Å². The molecule has 0 saturated heterocycles. The van der Waals surface area contributed by atoms with Crippen molar-refractivity contribution in [2.75, 3.05) is 7.05 Å². The Bertz CT molecular complexity index is 493. The van der Waals surface area contributed by atoms with Crippen molar-refractivity contribution in [1.29, 1.82) is 0 Å². The van der Waals surface area contributed by atoms with E-state index in [0.717, 1.165) is 5.69 Å². The number of hydrogen-bond acceptors (Lipinski definition) is 4. The van der Waals surface area contributed by atoms with Gasteiger partial charge in [-0.1, -0.05) is 11.2 Å². The molecule has 0 atom stereocenters. The van der Waals surface area contributed by atoms with Crippen LogP contribution in [-0.2, 0) is 0 Å². The van der Waals surface area contributed by atoms with Crippen LogP contribution in [-0.4, -0.2) is 17.2 Å². The molecule has 0 saturated carbocycles. The molecule has 0 bridgehead atoms. The summed E-state index contributed by atoms with van der Waals surface area (Å²) in [6, 6.07) is 10.1. The van der Waals surface area contributed by atoms with Gasteiger partial charge in [0.15, 0.2) is 0 Å². The molecule has 2 aromatic heterocycles. The summed E-state index contributed by atoms with van der Waals surface area (Å²) in [7, 11) is 1.74. The van der Waals surface area contributed by atoms with E-state index in [1.165, 1.54) is 0 Å². The van der Waals surface area contributed by atoms with Crippen molar-refractivity contribution in [1.82, 2.24) is 15.5 Å². The first kappa shape index (κ1) is 9.28. The average Bonchev–Trinajstić information content (AvgIpc) is 2.76. The van der Waals surface area contributed by atoms with Crippen molar-refractivity contribution in [3.05, 3.63) is 36.2 Å². The molecule has 0 amide bonds. The van der Waals surface area contributed by atoms with Crippen molar-refractivity contribution in [3.8, 4) is 23.4 Å². The van der Waals surface area contributed by atoms with Crippen LogP contribution in [0.25, 0.3) is 11.4 Å². The maximum atomic E-state index is 5.02. The number of aromatic nitrogens is 2. The van der Waals surface area contributed by atoms with Crippen LogP contribution in [0.3, 0.4) is 0 Å². The second-order valence-corrected chi connectivity index (χ2v) is 2.79. The zero-order valence-electron chi connectivity index (χ0n) is 8.19. The maximum Gasteiger partial charge on any atom is 0.212 e. The summed E-state index contributed by atoms with van der Waals surface area (Å²) in [5, 5.41) is 6.57. The zero-order valence-corrected chi connectivity index (χ0v) is 8.19. The van der Waals surface area contributed by atoms with Gasteiger partial charge in [-0.25, -0.2) is 0 Å². The molecule has 0 fully saturated rings. The van der Waals surface area contributed by atoms with Crippen molar-refractivity contribution in [2.45, 2.75) is 0 Å². The number of pyridine rings is 1. The summed E-state index contributed by atoms with van der Waals surface area (Å²) < 4.78 is 5.02. The molecule has 2 aromatic rings. The monoisotopic (exact) mass is 199 g/mol. The largest absolute Gasteiger partial charge is 0.349 e. The fraction of sp³-hybridized carbons (Fsp3) is 0.0909. The van der Waals surface area contributed by atoms with Gasteiger partial charge in [0.1, 0.15) is 5.69 Å². The number of rotatable bonds is 1. The molecule has 0 aliphatic rings. The Labute approximate surface area is 87.3 Å². The second kappa shape index (κ2) is 4.29. The Balaban J connectivity index is 2.28. The Kier molecular flexibility index (Phi) is 2.65. The molecule has 2 heterocycles. The van der Waals surface area contributed by atoms with Crippen LogP contribution >= 0.6 is 0 Å². The summed E-state index contributed by atoms with van der Waals surface area (Å²) in [4.78, 5) is 4.16. The van der Waals surface area contributed by atoms with Crippen LogP contribution < -0.4 is 5.32 Å². The highest BCUT2D eigenvalue weighted by Crippen LogP contribution is 2.15. The smallest absolute Gasteiger partial charge is 0.212 e. The molecule has 4 heteroatoms. The molecule has 0 aliphatic heterocycles. The van der Waals surface area contributed by atoms with E-state index in [1.54, 1.807) is 19.3 Å². The van der Waals surface area contributed by atoms with Gasteiger partial charge in [-0.2, -0.15) is 0 Å². The SMILES string of the molecule is CNC#Cc1cc(-c2ccccn2)no1. The first-order chi connectivity index (χ1) is 7.40. The fourth-order valence-electron chi connectivity index (χ4n) is 1.09. The van der Waals surface area contributed by atoms with Gasteiger partial charge >= 0.3 is 0 Å². The second-order valence-electron chi connectivity index (χ2n) is 2.79. The number of nitrogens with one attached hydrogen (secondary N) is 1. The molecule has 2 rings (SSSR count). The van der Waals surface area contributed by atoms with Crippen LogP contribution in [0.5, 0.6) is 0 Å². The first-order valence-electron chi connectivity index (χ1n) is 4.46. The standard InChI is InChI=1S/C11H9N3O/c1-12-7-5-9-8-11(14-15-9)10-4-2-3-6-13-10/h2-4,6,8,12H,1H3. The van der Waals surface area contributed by atoms with Crippen LogP contribution in [0.2, 0.25) is 0 Å². The predicted octanol–water partition coefficient (Wildman–Crippen LogP) is 1.26. The lowest BCUT2D eigenvalue weighted by molar-refractivity contribution is 0.413. The van der Waals surface area contributed by atoms with Gasteiger partial charge in [-0.3, -0.25) is 4.98 Å². The normalized spacial score (nSPS) is 9.13. The minimum absolute atomic E-state index is 0.519. The molecule has 4 nitrogen and oxygen atoms in total. The molecule has 0 unspecified atom stereocenters. The topological polar surface area (TPSA) is 51.0 Å². The summed E-state index contributed by atoms with van der Waals surface area (Å²) in [6.45, 7) is 0. The van der Waals surface area contributed by atoms with Gasteiger partial charge in [0.25, 0.3) is 0 Å². The molecule has 0 radical (unpaired) electrons. The van der Waals surface area contributed by atoms with Gasteiger partial charge in [0, 0.05) is 25.4 Å². The minimum Gasteiger partial charge on any atom is -0.349 e. The van der Waals surface area contributed by atoms with Crippen LogP contribution in [0.4, 0.5) is 0 Å². The van der Waals surface area contributed by atoms with Crippen molar-refractivity contribution in [3.63, 3.8) is 0 Å². The lowest BCUT2D eigenvalue weighted by atomic mass is 10.2. The lowest BCUT2D eigenvalue weighted by Gasteiger charge is -1.89. The Morgan fingerprint density at radius 2 is 2.27 bits per heavy atom. The molecule has 1 N–H and O–H groups in total. The van der Waals surface area contributed by atoms with E-state index >= 15 is 0 Å². The van der Waals surface area contributed by atoms with Crippen LogP contribution in [0, 0.1) is 12.0 Å². The Morgan fingerprint density at radius 3 is 3.00 bits per heavy atom. The highest BCUT2D eigenvalue weighted by molar-refractivity contribution is 5.54. The summed E-state index contributed by atoms with van der Waals surface area (Å²) in [6.07, 6.45) is 1.71. The highest BCUT2D eigenvalue weighted by atomic mass is 16.5. The van der Waals surface area contributed by atoms with Crippen LogP contribution in [0.1, 0.15) is 5.76 Å². The summed E-state index contributed by atoms with van der Waals surface area (Å²) in [5.41, 5.74) is 1.47. The van der Waals surface area contributed by atoms with Crippen molar-refractivity contribution < 1.29 is 4.52 Å². The lowest BCUT2D eigenvalue weighted by Crippen LogP contribution is -1.91. The molecular weight excluding hydrogens is 190 g/mol. The number of nitrogens with zero attached hydrogens (tertiary/aromatic N) is 2. The molecule has 15 heavy (non-hydrogen) atoms.